The van der Waals surface area contributed by atoms with Gasteiger partial charge >= 0.3 is 5.69 Å². The smallest absolute Gasteiger partial charge is 0.332 e. The lowest BCUT2D eigenvalue weighted by Gasteiger charge is -2.24. The van der Waals surface area contributed by atoms with Crippen LogP contribution in [0.3, 0.4) is 0 Å². The molecule has 0 bridgehead atoms. The molecule has 2 aromatic heterocycles. The first-order valence-corrected chi connectivity index (χ1v) is 11.3. The van der Waals surface area contributed by atoms with E-state index in [4.69, 9.17) is 6.42 Å². The molecule has 0 atom stereocenters. The van der Waals surface area contributed by atoms with E-state index in [1.165, 1.54) is 43.1 Å². The molecule has 6 nitrogen and oxygen atoms in total. The second-order valence-electron chi connectivity index (χ2n) is 8.90. The fourth-order valence-corrected chi connectivity index (χ4v) is 5.10. The number of terminal acetylenes is 1. The summed E-state index contributed by atoms with van der Waals surface area (Å²) in [6.07, 6.45) is 18.4. The standard InChI is InChI=1S/C23H32N4O2/c1-2-3-14-19-24-20-21(25-19)26(15-17-10-6-4-7-11-17)23(29)27(22(20)28)16-18-12-8-5-9-13-18/h1,17-18H,3-16H2,(H,24,25). The first kappa shape index (κ1) is 20.0. The van der Waals surface area contributed by atoms with Crippen molar-refractivity contribution in [3.8, 4) is 12.3 Å². The summed E-state index contributed by atoms with van der Waals surface area (Å²) >= 11 is 0. The van der Waals surface area contributed by atoms with Gasteiger partial charge < -0.3 is 4.98 Å². The van der Waals surface area contributed by atoms with Crippen LogP contribution in [0.15, 0.2) is 9.59 Å². The van der Waals surface area contributed by atoms with Gasteiger partial charge in [0.05, 0.1) is 0 Å². The van der Waals surface area contributed by atoms with Gasteiger partial charge in [-0.1, -0.05) is 38.5 Å². The first-order valence-electron chi connectivity index (χ1n) is 11.3. The van der Waals surface area contributed by atoms with Crippen molar-refractivity contribution >= 4 is 11.2 Å². The lowest BCUT2D eigenvalue weighted by molar-refractivity contribution is 0.296. The molecule has 156 valence electrons. The summed E-state index contributed by atoms with van der Waals surface area (Å²) in [5.74, 6) is 4.21. The van der Waals surface area contributed by atoms with Gasteiger partial charge in [0.15, 0.2) is 5.65 Å². The molecule has 0 saturated heterocycles. The van der Waals surface area contributed by atoms with Gasteiger partial charge in [-0.05, 0) is 37.5 Å². The zero-order chi connectivity index (χ0) is 20.2. The summed E-state index contributed by atoms with van der Waals surface area (Å²) in [6, 6.07) is 0. The SMILES string of the molecule is C#CCCc1nc2c([nH]1)c(=O)n(CC1CCCCC1)c(=O)n2CC1CCCCC1. The molecule has 2 aromatic rings. The fourth-order valence-electron chi connectivity index (χ4n) is 5.10. The van der Waals surface area contributed by atoms with Crippen LogP contribution in [-0.2, 0) is 19.5 Å². The molecule has 0 aromatic carbocycles. The van der Waals surface area contributed by atoms with E-state index in [1.807, 2.05) is 0 Å². The topological polar surface area (TPSA) is 72.7 Å². The maximum Gasteiger partial charge on any atom is 0.332 e. The number of aryl methyl sites for hydroxylation is 1. The molecule has 4 rings (SSSR count). The Labute approximate surface area is 171 Å². The Bertz CT molecular complexity index is 995. The van der Waals surface area contributed by atoms with Crippen molar-refractivity contribution in [2.24, 2.45) is 11.8 Å². The number of fused-ring (bicyclic) bond motifs is 1. The average Bonchev–Trinajstić information content (AvgIpc) is 3.18. The average molecular weight is 397 g/mol. The highest BCUT2D eigenvalue weighted by molar-refractivity contribution is 5.69. The van der Waals surface area contributed by atoms with E-state index >= 15 is 0 Å². The second kappa shape index (κ2) is 9.02. The summed E-state index contributed by atoms with van der Waals surface area (Å²) < 4.78 is 3.25. The van der Waals surface area contributed by atoms with Gasteiger partial charge in [0, 0.05) is 25.9 Å². The molecule has 0 unspecified atom stereocenters. The number of nitrogens with zero attached hydrogens (tertiary/aromatic N) is 3. The van der Waals surface area contributed by atoms with Gasteiger partial charge in [0.1, 0.15) is 11.3 Å². The molecule has 2 aliphatic carbocycles. The van der Waals surface area contributed by atoms with Crippen LogP contribution in [0, 0.1) is 24.2 Å². The van der Waals surface area contributed by atoms with Crippen LogP contribution in [0.1, 0.15) is 76.5 Å². The quantitative estimate of drug-likeness (QED) is 0.758. The maximum absolute atomic E-state index is 13.4. The van der Waals surface area contributed by atoms with Crippen LogP contribution in [0.4, 0.5) is 0 Å². The Morgan fingerprint density at radius 1 is 0.931 bits per heavy atom. The van der Waals surface area contributed by atoms with Crippen LogP contribution in [0.2, 0.25) is 0 Å². The van der Waals surface area contributed by atoms with Gasteiger partial charge in [-0.2, -0.15) is 0 Å². The molecule has 29 heavy (non-hydrogen) atoms. The molecule has 2 heterocycles. The van der Waals surface area contributed by atoms with Crippen LogP contribution in [0.5, 0.6) is 0 Å². The monoisotopic (exact) mass is 396 g/mol. The fraction of sp³-hybridized carbons (Fsp3) is 0.696. The van der Waals surface area contributed by atoms with E-state index in [-0.39, 0.29) is 11.2 Å². The second-order valence-corrected chi connectivity index (χ2v) is 8.90. The van der Waals surface area contributed by atoms with Gasteiger partial charge in [-0.25, -0.2) is 9.78 Å². The number of aromatic nitrogens is 4. The molecule has 0 spiro atoms. The predicted molar refractivity (Wildman–Crippen MR) is 115 cm³/mol. The molecule has 6 heteroatoms. The number of aromatic amines is 1. The zero-order valence-electron chi connectivity index (χ0n) is 17.3. The number of rotatable bonds is 6. The van der Waals surface area contributed by atoms with E-state index in [9.17, 15) is 9.59 Å². The van der Waals surface area contributed by atoms with Gasteiger partial charge in [-0.15, -0.1) is 12.3 Å². The minimum atomic E-state index is -0.227. The molecular weight excluding hydrogens is 364 g/mol. The van der Waals surface area contributed by atoms with E-state index in [0.717, 1.165) is 25.7 Å². The van der Waals surface area contributed by atoms with Crippen LogP contribution in [0.25, 0.3) is 11.2 Å². The van der Waals surface area contributed by atoms with Gasteiger partial charge in [0.25, 0.3) is 5.56 Å². The molecule has 2 saturated carbocycles. The Morgan fingerprint density at radius 3 is 2.10 bits per heavy atom. The number of nitrogens with one attached hydrogen (secondary N) is 1. The minimum Gasteiger partial charge on any atom is -0.336 e. The number of hydrogen-bond acceptors (Lipinski definition) is 3. The van der Waals surface area contributed by atoms with Crippen LogP contribution < -0.4 is 11.2 Å². The molecule has 1 N–H and O–H groups in total. The summed E-state index contributed by atoms with van der Waals surface area (Å²) in [6.45, 7) is 1.18. The van der Waals surface area contributed by atoms with E-state index in [0.29, 0.717) is 54.8 Å². The van der Waals surface area contributed by atoms with Crippen molar-refractivity contribution in [3.63, 3.8) is 0 Å². The number of hydrogen-bond donors (Lipinski definition) is 1. The highest BCUT2D eigenvalue weighted by atomic mass is 16.2. The third kappa shape index (κ3) is 4.34. The van der Waals surface area contributed by atoms with E-state index < -0.39 is 0 Å². The van der Waals surface area contributed by atoms with Crippen molar-refractivity contribution < 1.29 is 0 Å². The third-order valence-electron chi connectivity index (χ3n) is 6.75. The molecule has 0 aliphatic heterocycles. The lowest BCUT2D eigenvalue weighted by atomic mass is 9.89. The van der Waals surface area contributed by atoms with Crippen LogP contribution >= 0.6 is 0 Å². The van der Waals surface area contributed by atoms with Crippen molar-refractivity contribution in [2.45, 2.75) is 90.1 Å². The first-order chi connectivity index (χ1) is 14.2. The molecule has 0 radical (unpaired) electrons. The van der Waals surface area contributed by atoms with Crippen molar-refractivity contribution in [1.82, 2.24) is 19.1 Å². The number of imidazole rings is 1. The third-order valence-corrected chi connectivity index (χ3v) is 6.75. The largest absolute Gasteiger partial charge is 0.336 e. The highest BCUT2D eigenvalue weighted by Crippen LogP contribution is 2.26. The molecule has 0 amide bonds. The Balaban J connectivity index is 1.76. The van der Waals surface area contributed by atoms with Crippen molar-refractivity contribution in [2.75, 3.05) is 0 Å². The predicted octanol–water partition coefficient (Wildman–Crippen LogP) is 3.61. The Kier molecular flexibility index (Phi) is 6.22. The molecule has 2 aliphatic rings. The lowest BCUT2D eigenvalue weighted by Crippen LogP contribution is -2.42. The normalized spacial score (nSPS) is 18.9. The van der Waals surface area contributed by atoms with Crippen molar-refractivity contribution in [1.29, 1.82) is 0 Å². The summed E-state index contributed by atoms with van der Waals surface area (Å²) in [4.78, 5) is 34.4. The summed E-state index contributed by atoms with van der Waals surface area (Å²) in [7, 11) is 0. The Morgan fingerprint density at radius 2 is 1.52 bits per heavy atom. The van der Waals surface area contributed by atoms with Gasteiger partial charge in [0.2, 0.25) is 0 Å². The summed E-state index contributed by atoms with van der Waals surface area (Å²) in [5, 5.41) is 0. The molecular formula is C23H32N4O2. The van der Waals surface area contributed by atoms with Gasteiger partial charge in [-0.3, -0.25) is 13.9 Å². The zero-order valence-corrected chi connectivity index (χ0v) is 17.3. The maximum atomic E-state index is 13.4. The number of H-pyrrole nitrogens is 1. The minimum absolute atomic E-state index is 0.186. The highest BCUT2D eigenvalue weighted by Gasteiger charge is 2.23. The van der Waals surface area contributed by atoms with Crippen LogP contribution in [-0.4, -0.2) is 19.1 Å². The van der Waals surface area contributed by atoms with E-state index in [1.54, 1.807) is 4.57 Å². The Hall–Kier alpha value is -2.29. The van der Waals surface area contributed by atoms with Crippen molar-refractivity contribution in [3.05, 3.63) is 26.7 Å². The van der Waals surface area contributed by atoms with E-state index in [2.05, 4.69) is 15.9 Å². The summed E-state index contributed by atoms with van der Waals surface area (Å²) in [5.41, 5.74) is 0.560. The molecule has 2 fully saturated rings.